The molecule has 0 atom stereocenters. The smallest absolute Gasteiger partial charge is 0.294 e. The number of thiophene rings is 1. The van der Waals surface area contributed by atoms with E-state index in [1.807, 2.05) is 6.07 Å². The van der Waals surface area contributed by atoms with E-state index in [4.69, 9.17) is 27.6 Å². The van der Waals surface area contributed by atoms with Crippen molar-refractivity contribution in [3.05, 3.63) is 16.3 Å². The lowest BCUT2D eigenvalue weighted by Crippen LogP contribution is -1.61. The lowest BCUT2D eigenvalue weighted by atomic mass is 10.5. The first-order chi connectivity index (χ1) is 5.29. The summed E-state index contributed by atoms with van der Waals surface area (Å²) in [5.41, 5.74) is 0.718. The quantitative estimate of drug-likeness (QED) is 0.672. The van der Waals surface area contributed by atoms with E-state index in [1.165, 1.54) is 11.3 Å². The Morgan fingerprint density at radius 3 is 3.09 bits per heavy atom. The fraction of sp³-hybridized carbons (Fsp3) is 0.167. The van der Waals surface area contributed by atoms with Crippen molar-refractivity contribution in [2.24, 2.45) is 0 Å². The third kappa shape index (κ3) is 1.24. The van der Waals surface area contributed by atoms with Crippen LogP contribution in [0.2, 0.25) is 5.35 Å². The molecule has 2 heterocycles. The second-order valence-electron chi connectivity index (χ2n) is 1.98. The van der Waals surface area contributed by atoms with Crippen LogP contribution in [0.25, 0.3) is 10.4 Å². The Morgan fingerprint density at radius 1 is 1.64 bits per heavy atom. The van der Waals surface area contributed by atoms with E-state index < -0.39 is 0 Å². The second-order valence-corrected chi connectivity index (χ2v) is 3.69. The molecule has 0 aliphatic carbocycles. The number of oxazole rings is 1. The van der Waals surface area contributed by atoms with Gasteiger partial charge in [-0.2, -0.15) is 4.98 Å². The molecule has 0 aromatic carbocycles. The zero-order valence-electron chi connectivity index (χ0n) is 5.30. The number of aromatic nitrogens is 1. The Kier molecular flexibility index (Phi) is 1.79. The average molecular weight is 208 g/mol. The molecule has 0 saturated heterocycles. The largest absolute Gasteiger partial charge is 0.427 e. The molecule has 0 bridgehead atoms. The Hall–Kier alpha value is -0.250. The number of rotatable bonds is 1. The molecule has 0 unspecified atom stereocenters. The van der Waals surface area contributed by atoms with Gasteiger partial charge in [-0.05, 0) is 17.7 Å². The van der Waals surface area contributed by atoms with Crippen molar-refractivity contribution < 1.29 is 4.42 Å². The number of halogens is 2. The van der Waals surface area contributed by atoms with Crippen molar-refractivity contribution in [3.63, 3.8) is 0 Å². The van der Waals surface area contributed by atoms with Crippen molar-refractivity contribution >= 4 is 45.0 Å². The van der Waals surface area contributed by atoms with Crippen molar-refractivity contribution in [2.75, 3.05) is 0 Å². The van der Waals surface area contributed by atoms with Crippen molar-refractivity contribution in [1.82, 2.24) is 4.98 Å². The molecule has 0 saturated carbocycles. The molecule has 0 amide bonds. The van der Waals surface area contributed by atoms with Crippen LogP contribution in [0.15, 0.2) is 10.5 Å². The average Bonchev–Trinajstić information content (AvgIpc) is 2.43. The van der Waals surface area contributed by atoms with Crippen LogP contribution >= 0.6 is 34.5 Å². The van der Waals surface area contributed by atoms with Gasteiger partial charge in [0.05, 0.1) is 5.88 Å². The fourth-order valence-corrected chi connectivity index (χ4v) is 2.08. The van der Waals surface area contributed by atoms with E-state index in [-0.39, 0.29) is 5.35 Å². The standard InChI is InChI=1S/C6H3Cl2NOS/c7-2-3-1-4-5(11-3)9-6(8)10-4/h1H,2H2. The molecule has 0 radical (unpaired) electrons. The summed E-state index contributed by atoms with van der Waals surface area (Å²) in [5.74, 6) is 0.494. The fourth-order valence-electron chi connectivity index (χ4n) is 0.822. The molecule has 2 aromatic rings. The van der Waals surface area contributed by atoms with Crippen LogP contribution in [0.1, 0.15) is 4.88 Å². The van der Waals surface area contributed by atoms with E-state index in [1.54, 1.807) is 0 Å². The predicted octanol–water partition coefficient (Wildman–Crippen LogP) is 3.28. The molecule has 2 aromatic heterocycles. The molecule has 58 valence electrons. The van der Waals surface area contributed by atoms with E-state index in [0.717, 1.165) is 15.3 Å². The van der Waals surface area contributed by atoms with Gasteiger partial charge in [0.25, 0.3) is 5.35 Å². The van der Waals surface area contributed by atoms with Crippen LogP contribution in [0.3, 0.4) is 0 Å². The maximum atomic E-state index is 5.60. The van der Waals surface area contributed by atoms with Gasteiger partial charge < -0.3 is 4.42 Å². The molecular weight excluding hydrogens is 205 g/mol. The van der Waals surface area contributed by atoms with Crippen LogP contribution in [0.5, 0.6) is 0 Å². The number of hydrogen-bond donors (Lipinski definition) is 0. The third-order valence-electron chi connectivity index (χ3n) is 1.25. The lowest BCUT2D eigenvalue weighted by molar-refractivity contribution is 0.604. The monoisotopic (exact) mass is 207 g/mol. The molecule has 5 heteroatoms. The molecule has 2 nitrogen and oxygen atoms in total. The maximum absolute atomic E-state index is 5.60. The van der Waals surface area contributed by atoms with E-state index in [0.29, 0.717) is 5.88 Å². The Morgan fingerprint density at radius 2 is 2.45 bits per heavy atom. The Balaban J connectivity index is 2.64. The van der Waals surface area contributed by atoms with Crippen LogP contribution in [-0.4, -0.2) is 4.98 Å². The summed E-state index contributed by atoms with van der Waals surface area (Å²) in [6, 6.07) is 1.85. The highest BCUT2D eigenvalue weighted by Gasteiger charge is 2.07. The van der Waals surface area contributed by atoms with Crippen molar-refractivity contribution in [2.45, 2.75) is 5.88 Å². The predicted molar refractivity (Wildman–Crippen MR) is 46.5 cm³/mol. The first-order valence-electron chi connectivity index (χ1n) is 2.90. The number of nitrogens with zero attached hydrogens (tertiary/aromatic N) is 1. The van der Waals surface area contributed by atoms with Gasteiger partial charge in [-0.3, -0.25) is 0 Å². The minimum Gasteiger partial charge on any atom is -0.427 e. The third-order valence-corrected chi connectivity index (χ3v) is 2.86. The molecule has 0 aliphatic heterocycles. The molecule has 0 spiro atoms. The number of hydrogen-bond acceptors (Lipinski definition) is 3. The van der Waals surface area contributed by atoms with Crippen molar-refractivity contribution in [3.8, 4) is 0 Å². The summed E-state index contributed by atoms with van der Waals surface area (Å²) in [5, 5.41) is 0.187. The minimum absolute atomic E-state index is 0.187. The van der Waals surface area contributed by atoms with Gasteiger partial charge in [0.1, 0.15) is 0 Å². The number of fused-ring (bicyclic) bond motifs is 1. The van der Waals surface area contributed by atoms with Crippen molar-refractivity contribution in [1.29, 1.82) is 0 Å². The zero-order valence-corrected chi connectivity index (χ0v) is 7.63. The molecule has 11 heavy (non-hydrogen) atoms. The summed E-state index contributed by atoms with van der Waals surface area (Å²) in [6.45, 7) is 0. The first kappa shape index (κ1) is 7.40. The first-order valence-corrected chi connectivity index (χ1v) is 4.63. The minimum atomic E-state index is 0.187. The highest BCUT2D eigenvalue weighted by atomic mass is 35.5. The molecule has 0 aliphatic rings. The van der Waals surface area contributed by atoms with Gasteiger partial charge in [-0.25, -0.2) is 0 Å². The maximum Gasteiger partial charge on any atom is 0.294 e. The molecule has 0 N–H and O–H groups in total. The van der Waals surface area contributed by atoms with Gasteiger partial charge in [-0.15, -0.1) is 22.9 Å². The normalized spacial score (nSPS) is 11.1. The highest BCUT2D eigenvalue weighted by molar-refractivity contribution is 7.18. The molecule has 2 rings (SSSR count). The molecule has 0 fully saturated rings. The van der Waals surface area contributed by atoms with Gasteiger partial charge >= 0.3 is 0 Å². The second kappa shape index (κ2) is 2.66. The van der Waals surface area contributed by atoms with E-state index in [9.17, 15) is 0 Å². The van der Waals surface area contributed by atoms with Crippen LogP contribution in [-0.2, 0) is 5.88 Å². The van der Waals surface area contributed by atoms with Gasteiger partial charge in [-0.1, -0.05) is 0 Å². The summed E-state index contributed by atoms with van der Waals surface area (Å²) in [6.07, 6.45) is 0. The van der Waals surface area contributed by atoms with Gasteiger partial charge in [0.15, 0.2) is 10.4 Å². The zero-order chi connectivity index (χ0) is 7.84. The lowest BCUT2D eigenvalue weighted by Gasteiger charge is -1.79. The van der Waals surface area contributed by atoms with Gasteiger partial charge in [0, 0.05) is 4.88 Å². The Bertz CT molecular complexity index is 349. The number of alkyl halides is 1. The van der Waals surface area contributed by atoms with E-state index in [2.05, 4.69) is 4.98 Å². The van der Waals surface area contributed by atoms with Gasteiger partial charge in [0.2, 0.25) is 0 Å². The SMILES string of the molecule is ClCc1cc2oc(Cl)nc2s1. The molecular formula is C6H3Cl2NOS. The topological polar surface area (TPSA) is 26.0 Å². The summed E-state index contributed by atoms with van der Waals surface area (Å²) >= 11 is 12.6. The summed E-state index contributed by atoms with van der Waals surface area (Å²) in [7, 11) is 0. The van der Waals surface area contributed by atoms with Crippen LogP contribution in [0.4, 0.5) is 0 Å². The van der Waals surface area contributed by atoms with E-state index >= 15 is 0 Å². The summed E-state index contributed by atoms with van der Waals surface area (Å²) < 4.78 is 5.06. The highest BCUT2D eigenvalue weighted by Crippen LogP contribution is 2.28. The Labute approximate surface area is 76.7 Å². The van der Waals surface area contributed by atoms with Crippen LogP contribution in [0, 0.1) is 0 Å². The van der Waals surface area contributed by atoms with Crippen LogP contribution < -0.4 is 0 Å². The summed E-state index contributed by atoms with van der Waals surface area (Å²) in [4.78, 5) is 5.80.